The van der Waals surface area contributed by atoms with Crippen molar-refractivity contribution in [3.8, 4) is 0 Å². The summed E-state index contributed by atoms with van der Waals surface area (Å²) in [6.45, 7) is 3.01. The van der Waals surface area contributed by atoms with Gasteiger partial charge in [-0.05, 0) is 6.07 Å². The second-order valence-electron chi connectivity index (χ2n) is 4.58. The molecule has 0 aromatic heterocycles. The molecule has 8 heteroatoms. The number of nitrogens with zero attached hydrogens (tertiary/aromatic N) is 2. The number of rotatable bonds is 2. The summed E-state index contributed by atoms with van der Waals surface area (Å²) < 4.78 is 13.3. The normalized spacial score (nSPS) is 18.9. The van der Waals surface area contributed by atoms with E-state index in [2.05, 4.69) is 0 Å². The van der Waals surface area contributed by atoms with Crippen LogP contribution in [0.1, 0.15) is 17.3 Å². The summed E-state index contributed by atoms with van der Waals surface area (Å²) in [5, 5.41) is 11.2. The molecular weight excluding hydrogens is 285 g/mol. The number of anilines is 1. The Labute approximate surface area is 119 Å². The first-order chi connectivity index (χ1) is 9.40. The van der Waals surface area contributed by atoms with Crippen molar-refractivity contribution < 1.29 is 14.1 Å². The van der Waals surface area contributed by atoms with E-state index in [0.29, 0.717) is 19.2 Å². The fourth-order valence-electron chi connectivity index (χ4n) is 2.08. The first kappa shape index (κ1) is 14.6. The van der Waals surface area contributed by atoms with Gasteiger partial charge in [-0.25, -0.2) is 4.39 Å². The van der Waals surface area contributed by atoms with Crippen molar-refractivity contribution in [1.82, 2.24) is 4.90 Å². The van der Waals surface area contributed by atoms with Crippen molar-refractivity contribution in [1.29, 1.82) is 0 Å². The average Bonchev–Trinajstić information content (AvgIpc) is 2.40. The van der Waals surface area contributed by atoms with Crippen LogP contribution in [0.3, 0.4) is 0 Å². The van der Waals surface area contributed by atoms with E-state index in [0.717, 1.165) is 11.8 Å². The number of amides is 1. The molecule has 1 aliphatic heterocycles. The number of hydrogen-bond donors (Lipinski definition) is 1. The quantitative estimate of drug-likeness (QED) is 0.512. The predicted octanol–water partition coefficient (Wildman–Crippen LogP) is 1.89. The SMILES string of the molecule is CC1CN(C(=O)c2cc(N)c(F)cc2[N+](=O)[O-])CCS1. The molecule has 1 saturated heterocycles. The number of nitrogen functional groups attached to an aromatic ring is 1. The third-order valence-corrected chi connectivity index (χ3v) is 4.21. The molecule has 2 N–H and O–H groups in total. The van der Waals surface area contributed by atoms with Gasteiger partial charge in [-0.3, -0.25) is 14.9 Å². The van der Waals surface area contributed by atoms with Crippen molar-refractivity contribution in [3.63, 3.8) is 0 Å². The molecule has 0 bridgehead atoms. The maximum absolute atomic E-state index is 13.3. The summed E-state index contributed by atoms with van der Waals surface area (Å²) in [6, 6.07) is 1.74. The van der Waals surface area contributed by atoms with Crippen LogP contribution in [0.15, 0.2) is 12.1 Å². The van der Waals surface area contributed by atoms with Gasteiger partial charge < -0.3 is 10.6 Å². The van der Waals surface area contributed by atoms with Gasteiger partial charge in [0.05, 0.1) is 16.7 Å². The number of nitro groups is 1. The van der Waals surface area contributed by atoms with Gasteiger partial charge in [0.15, 0.2) is 5.82 Å². The Morgan fingerprint density at radius 3 is 2.90 bits per heavy atom. The zero-order chi connectivity index (χ0) is 14.9. The fraction of sp³-hybridized carbons (Fsp3) is 0.417. The highest BCUT2D eigenvalue weighted by atomic mass is 32.2. The molecular formula is C12H14FN3O3S. The number of carbonyl (C=O) groups excluding carboxylic acids is 1. The van der Waals surface area contributed by atoms with Crippen LogP contribution in [-0.2, 0) is 0 Å². The molecule has 6 nitrogen and oxygen atoms in total. The zero-order valence-electron chi connectivity index (χ0n) is 10.8. The smallest absolute Gasteiger partial charge is 0.285 e. The van der Waals surface area contributed by atoms with Gasteiger partial charge in [0.25, 0.3) is 11.6 Å². The van der Waals surface area contributed by atoms with E-state index in [9.17, 15) is 19.3 Å². The molecule has 1 unspecified atom stereocenters. The van der Waals surface area contributed by atoms with Gasteiger partial charge in [0, 0.05) is 24.1 Å². The fourth-order valence-corrected chi connectivity index (χ4v) is 3.09. The van der Waals surface area contributed by atoms with E-state index < -0.39 is 22.3 Å². The molecule has 1 fully saturated rings. The molecule has 0 saturated carbocycles. The Balaban J connectivity index is 2.38. The molecule has 0 radical (unpaired) electrons. The van der Waals surface area contributed by atoms with Gasteiger partial charge in [0.2, 0.25) is 0 Å². The van der Waals surface area contributed by atoms with Gasteiger partial charge in [-0.1, -0.05) is 6.92 Å². The average molecular weight is 299 g/mol. The maximum atomic E-state index is 13.3. The molecule has 1 aliphatic rings. The molecule has 0 aliphatic carbocycles. The van der Waals surface area contributed by atoms with Crippen LogP contribution < -0.4 is 5.73 Å². The van der Waals surface area contributed by atoms with Crippen molar-refractivity contribution in [2.45, 2.75) is 12.2 Å². The molecule has 108 valence electrons. The highest BCUT2D eigenvalue weighted by molar-refractivity contribution is 7.99. The van der Waals surface area contributed by atoms with Crippen molar-refractivity contribution >= 4 is 29.0 Å². The predicted molar refractivity (Wildman–Crippen MR) is 75.3 cm³/mol. The van der Waals surface area contributed by atoms with E-state index in [-0.39, 0.29) is 16.5 Å². The number of thioether (sulfide) groups is 1. The van der Waals surface area contributed by atoms with E-state index in [1.165, 1.54) is 0 Å². The second-order valence-corrected chi connectivity index (χ2v) is 6.13. The number of nitrogens with two attached hydrogens (primary N) is 1. The minimum atomic E-state index is -0.893. The van der Waals surface area contributed by atoms with Crippen LogP contribution in [-0.4, -0.2) is 39.8 Å². The summed E-state index contributed by atoms with van der Waals surface area (Å²) in [5.74, 6) is -0.594. The standard InChI is InChI=1S/C12H14FN3O3S/c1-7-6-15(2-3-20-7)12(17)8-4-10(14)9(13)5-11(8)16(18)19/h4-5,7H,2-3,6,14H2,1H3. The number of nitro benzene ring substituents is 1. The molecule has 1 heterocycles. The molecule has 1 aromatic carbocycles. The molecule has 1 atom stereocenters. The highest BCUT2D eigenvalue weighted by Gasteiger charge is 2.29. The lowest BCUT2D eigenvalue weighted by Gasteiger charge is -2.30. The van der Waals surface area contributed by atoms with E-state index in [1.807, 2.05) is 6.92 Å². The largest absolute Gasteiger partial charge is 0.396 e. The van der Waals surface area contributed by atoms with Gasteiger partial charge in [-0.2, -0.15) is 11.8 Å². The van der Waals surface area contributed by atoms with Crippen LogP contribution in [0.4, 0.5) is 15.8 Å². The third kappa shape index (κ3) is 2.84. The maximum Gasteiger partial charge on any atom is 0.285 e. The Hall–Kier alpha value is -1.83. The Morgan fingerprint density at radius 1 is 1.60 bits per heavy atom. The lowest BCUT2D eigenvalue weighted by atomic mass is 10.1. The van der Waals surface area contributed by atoms with Crippen molar-refractivity contribution in [3.05, 3.63) is 33.6 Å². The van der Waals surface area contributed by atoms with E-state index >= 15 is 0 Å². The topological polar surface area (TPSA) is 89.5 Å². The number of hydrogen-bond acceptors (Lipinski definition) is 5. The van der Waals surface area contributed by atoms with Crippen molar-refractivity contribution in [2.75, 3.05) is 24.6 Å². The lowest BCUT2D eigenvalue weighted by Crippen LogP contribution is -2.41. The van der Waals surface area contributed by atoms with Crippen LogP contribution in [0.2, 0.25) is 0 Å². The monoisotopic (exact) mass is 299 g/mol. The first-order valence-electron chi connectivity index (χ1n) is 6.04. The van der Waals surface area contributed by atoms with E-state index in [4.69, 9.17) is 5.73 Å². The van der Waals surface area contributed by atoms with Crippen LogP contribution >= 0.6 is 11.8 Å². The van der Waals surface area contributed by atoms with Crippen molar-refractivity contribution in [2.24, 2.45) is 0 Å². The second kappa shape index (κ2) is 5.66. The number of benzene rings is 1. The Bertz CT molecular complexity index is 567. The number of carbonyl (C=O) groups is 1. The first-order valence-corrected chi connectivity index (χ1v) is 7.09. The minimum Gasteiger partial charge on any atom is -0.396 e. The van der Waals surface area contributed by atoms with Gasteiger partial charge >= 0.3 is 0 Å². The summed E-state index contributed by atoms with van der Waals surface area (Å²) in [4.78, 5) is 24.1. The van der Waals surface area contributed by atoms with Crippen LogP contribution in [0.25, 0.3) is 0 Å². The highest BCUT2D eigenvalue weighted by Crippen LogP contribution is 2.27. The summed E-state index contributed by atoms with van der Waals surface area (Å²) in [6.07, 6.45) is 0. The summed E-state index contributed by atoms with van der Waals surface area (Å²) in [7, 11) is 0. The van der Waals surface area contributed by atoms with Gasteiger partial charge in [0.1, 0.15) is 5.56 Å². The van der Waals surface area contributed by atoms with Crippen LogP contribution in [0, 0.1) is 15.9 Å². The van der Waals surface area contributed by atoms with Gasteiger partial charge in [-0.15, -0.1) is 0 Å². The molecule has 2 rings (SSSR count). The summed E-state index contributed by atoms with van der Waals surface area (Å²) >= 11 is 1.74. The zero-order valence-corrected chi connectivity index (χ0v) is 11.7. The van der Waals surface area contributed by atoms with E-state index in [1.54, 1.807) is 16.7 Å². The lowest BCUT2D eigenvalue weighted by molar-refractivity contribution is -0.385. The third-order valence-electron chi connectivity index (χ3n) is 3.07. The molecule has 1 aromatic rings. The van der Waals surface area contributed by atoms with Crippen LogP contribution in [0.5, 0.6) is 0 Å². The summed E-state index contributed by atoms with van der Waals surface area (Å²) in [5.41, 5.74) is 4.44. The molecule has 20 heavy (non-hydrogen) atoms. The Kier molecular flexibility index (Phi) is 4.12. The minimum absolute atomic E-state index is 0.159. The molecule has 1 amide bonds. The molecule has 0 spiro atoms. The Morgan fingerprint density at radius 2 is 2.30 bits per heavy atom. The number of halogens is 1.